The molecule has 13 heteroatoms. The van der Waals surface area contributed by atoms with Gasteiger partial charge < -0.3 is 36.6 Å². The van der Waals surface area contributed by atoms with E-state index in [2.05, 4.69) is 5.32 Å². The van der Waals surface area contributed by atoms with E-state index < -0.39 is 75.7 Å². The van der Waals surface area contributed by atoms with Gasteiger partial charge in [-0.3, -0.25) is 28.9 Å². The Kier molecular flexibility index (Phi) is 7.00. The number of carboxylic acids is 1. The van der Waals surface area contributed by atoms with E-state index in [4.69, 9.17) is 10.8 Å². The molecule has 0 heterocycles. The zero-order chi connectivity index (χ0) is 29.0. The number of carboxylic acid groups (broad SMARTS) is 1. The van der Waals surface area contributed by atoms with Crippen LogP contribution < -0.4 is 11.1 Å². The number of carbonyl (C=O) groups excluding carboxylic acids is 4. The number of primary amides is 1. The number of nitrogens with zero attached hydrogens (tertiary/aromatic N) is 1. The zero-order valence-electron chi connectivity index (χ0n) is 21.2. The van der Waals surface area contributed by atoms with Gasteiger partial charge >= 0.3 is 5.97 Å². The molecule has 1 fully saturated rings. The minimum Gasteiger partial charge on any atom is -0.508 e. The van der Waals surface area contributed by atoms with Gasteiger partial charge in [-0.25, -0.2) is 0 Å². The number of aliphatic hydroxyl groups is 3. The first kappa shape index (κ1) is 27.8. The van der Waals surface area contributed by atoms with E-state index in [9.17, 15) is 44.4 Å². The highest BCUT2D eigenvalue weighted by atomic mass is 16.4. The third kappa shape index (κ3) is 4.33. The number of hydrogen-bond acceptors (Lipinski definition) is 10. The van der Waals surface area contributed by atoms with Crippen molar-refractivity contribution in [3.8, 4) is 5.75 Å². The van der Waals surface area contributed by atoms with Crippen molar-refractivity contribution in [2.75, 3.05) is 19.4 Å². The van der Waals surface area contributed by atoms with Gasteiger partial charge in [0.15, 0.2) is 11.4 Å². The molecule has 39 heavy (non-hydrogen) atoms. The SMILES string of the molecule is CN(C)[C@H]1C(=O)C(C(N)=O)=C(O)[C@]2(O)C(=O)C3=C(O)c4c(ccc(NC(=O)CCCC(=O)O)c4O)C[C@@H]3C[C@H]12. The quantitative estimate of drug-likeness (QED) is 0.181. The van der Waals surface area contributed by atoms with E-state index in [0.29, 0.717) is 5.56 Å². The monoisotopic (exact) mass is 543 g/mol. The molecular weight excluding hydrogens is 514 g/mol. The van der Waals surface area contributed by atoms with Crippen LogP contribution in [-0.4, -0.2) is 85.5 Å². The van der Waals surface area contributed by atoms with Crippen LogP contribution in [0.2, 0.25) is 0 Å². The second-order valence-corrected chi connectivity index (χ2v) is 10.3. The van der Waals surface area contributed by atoms with Crippen molar-refractivity contribution < 1.29 is 49.5 Å². The van der Waals surface area contributed by atoms with Gasteiger partial charge in [0.05, 0.1) is 17.3 Å². The molecule has 1 aromatic carbocycles. The van der Waals surface area contributed by atoms with Crippen LogP contribution in [0.5, 0.6) is 5.75 Å². The Morgan fingerprint density at radius 3 is 2.38 bits per heavy atom. The van der Waals surface area contributed by atoms with Crippen LogP contribution in [0.3, 0.4) is 0 Å². The summed E-state index contributed by atoms with van der Waals surface area (Å²) in [7, 11) is 3.03. The first-order valence-electron chi connectivity index (χ1n) is 12.2. The Labute approximate surface area is 222 Å². The lowest BCUT2D eigenvalue weighted by Crippen LogP contribution is -2.65. The highest BCUT2D eigenvalue weighted by molar-refractivity contribution is 6.24. The summed E-state index contributed by atoms with van der Waals surface area (Å²) in [6.07, 6.45) is -0.199. The smallest absolute Gasteiger partial charge is 0.303 e. The van der Waals surface area contributed by atoms with Gasteiger partial charge in [-0.2, -0.15) is 0 Å². The molecule has 3 aliphatic carbocycles. The highest BCUT2D eigenvalue weighted by Gasteiger charge is 2.64. The number of ketones is 2. The van der Waals surface area contributed by atoms with E-state index in [1.165, 1.54) is 31.1 Å². The van der Waals surface area contributed by atoms with Crippen LogP contribution in [-0.2, 0) is 30.4 Å². The Balaban J connectivity index is 1.78. The van der Waals surface area contributed by atoms with Crippen LogP contribution in [0.4, 0.5) is 5.69 Å². The molecule has 0 spiro atoms. The topological polar surface area (TPSA) is 228 Å². The van der Waals surface area contributed by atoms with Gasteiger partial charge in [0.2, 0.25) is 11.7 Å². The summed E-state index contributed by atoms with van der Waals surface area (Å²) < 4.78 is 0. The number of amides is 2. The number of nitrogens with one attached hydrogen (secondary N) is 1. The number of nitrogens with two attached hydrogens (primary N) is 1. The normalized spacial score (nSPS) is 26.2. The zero-order valence-corrected chi connectivity index (χ0v) is 21.2. The molecule has 13 nitrogen and oxygen atoms in total. The molecule has 0 aliphatic heterocycles. The predicted octanol–water partition coefficient (Wildman–Crippen LogP) is 0.157. The van der Waals surface area contributed by atoms with E-state index in [0.717, 1.165) is 0 Å². The first-order valence-corrected chi connectivity index (χ1v) is 12.2. The maximum Gasteiger partial charge on any atom is 0.303 e. The van der Waals surface area contributed by atoms with Crippen molar-refractivity contribution >= 4 is 40.8 Å². The molecule has 4 rings (SSSR count). The lowest BCUT2D eigenvalue weighted by molar-refractivity contribution is -0.153. The van der Waals surface area contributed by atoms with Gasteiger partial charge in [0, 0.05) is 24.3 Å². The summed E-state index contributed by atoms with van der Waals surface area (Å²) in [4.78, 5) is 63.2. The molecular formula is C26H29N3O10. The summed E-state index contributed by atoms with van der Waals surface area (Å²) >= 11 is 0. The van der Waals surface area contributed by atoms with E-state index >= 15 is 0 Å². The molecule has 0 saturated heterocycles. The fourth-order valence-electron chi connectivity index (χ4n) is 5.93. The number of Topliss-reactive ketones (excluding diaryl/α,β-unsaturated/α-hetero) is 2. The average Bonchev–Trinajstić information content (AvgIpc) is 2.82. The number of benzene rings is 1. The van der Waals surface area contributed by atoms with Crippen molar-refractivity contribution in [2.24, 2.45) is 17.6 Å². The molecule has 0 aromatic heterocycles. The van der Waals surface area contributed by atoms with Crippen LogP contribution in [0.15, 0.2) is 29.0 Å². The molecule has 208 valence electrons. The third-order valence-electron chi connectivity index (χ3n) is 7.66. The number of fused-ring (bicyclic) bond motifs is 3. The van der Waals surface area contributed by atoms with Crippen molar-refractivity contribution in [2.45, 2.75) is 43.7 Å². The lowest BCUT2D eigenvalue weighted by Gasteiger charge is -2.50. The number of aliphatic carboxylic acids is 1. The minimum absolute atomic E-state index is 0.0331. The Morgan fingerprint density at radius 1 is 1.13 bits per heavy atom. The number of aliphatic hydroxyl groups excluding tert-OH is 2. The largest absolute Gasteiger partial charge is 0.508 e. The standard InChI is InChI=1S/C26H29N3O10/c1-29(2)19-12-9-11-8-10-6-7-13(28-14(30)4-3-5-15(31)32)20(33)16(10)21(34)17(11)23(36)26(12,39)24(37)18(22(19)35)25(27)38/h6-7,11-12,19,33-34,37,39H,3-5,8-9H2,1-2H3,(H2,27,38)(H,28,30)(H,31,32)/t11-,12-,19-,26-/m1/s1. The van der Waals surface area contributed by atoms with Crippen LogP contribution in [0, 0.1) is 11.8 Å². The van der Waals surface area contributed by atoms with Crippen molar-refractivity contribution in [3.63, 3.8) is 0 Å². The van der Waals surface area contributed by atoms with Crippen molar-refractivity contribution in [1.82, 2.24) is 4.90 Å². The molecule has 8 N–H and O–H groups in total. The molecule has 2 amide bonds. The van der Waals surface area contributed by atoms with Gasteiger partial charge in [-0.05, 0) is 50.9 Å². The first-order chi connectivity index (χ1) is 18.2. The van der Waals surface area contributed by atoms with Crippen molar-refractivity contribution in [3.05, 3.63) is 40.2 Å². The summed E-state index contributed by atoms with van der Waals surface area (Å²) in [5, 5.41) is 55.7. The van der Waals surface area contributed by atoms with E-state index in [1.54, 1.807) is 0 Å². The lowest BCUT2D eigenvalue weighted by atomic mass is 9.57. The molecule has 1 saturated carbocycles. The van der Waals surface area contributed by atoms with Gasteiger partial charge in [-0.1, -0.05) is 6.07 Å². The Hall–Kier alpha value is -4.23. The summed E-state index contributed by atoms with van der Waals surface area (Å²) in [5.41, 5.74) is 1.55. The maximum absolute atomic E-state index is 13.8. The summed E-state index contributed by atoms with van der Waals surface area (Å²) in [6, 6.07) is 1.77. The number of hydrogen-bond donors (Lipinski definition) is 7. The third-order valence-corrected chi connectivity index (χ3v) is 7.66. The summed E-state index contributed by atoms with van der Waals surface area (Å²) in [6.45, 7) is 0. The second kappa shape index (κ2) is 9.82. The second-order valence-electron chi connectivity index (χ2n) is 10.3. The number of rotatable bonds is 7. The molecule has 0 radical (unpaired) electrons. The maximum atomic E-state index is 13.8. The minimum atomic E-state index is -2.74. The number of likely N-dealkylation sites (N-methyl/N-ethyl adjacent to an activating group) is 1. The van der Waals surface area contributed by atoms with Crippen LogP contribution >= 0.6 is 0 Å². The van der Waals surface area contributed by atoms with Gasteiger partial charge in [0.1, 0.15) is 22.8 Å². The van der Waals surface area contributed by atoms with Crippen LogP contribution in [0.25, 0.3) is 5.76 Å². The number of phenolic OH excluding ortho intramolecular Hbond substituents is 1. The van der Waals surface area contributed by atoms with Gasteiger partial charge in [0.25, 0.3) is 5.91 Å². The van der Waals surface area contributed by atoms with Crippen molar-refractivity contribution in [1.29, 1.82) is 0 Å². The fourth-order valence-corrected chi connectivity index (χ4v) is 5.93. The molecule has 4 atom stereocenters. The molecule has 0 bridgehead atoms. The number of phenols is 1. The Bertz CT molecular complexity index is 1380. The molecule has 0 unspecified atom stereocenters. The number of aromatic hydroxyl groups is 1. The Morgan fingerprint density at radius 2 is 1.79 bits per heavy atom. The van der Waals surface area contributed by atoms with Crippen LogP contribution in [0.1, 0.15) is 36.8 Å². The number of anilines is 1. The number of carbonyl (C=O) groups is 5. The van der Waals surface area contributed by atoms with Gasteiger partial charge in [-0.15, -0.1) is 0 Å². The average molecular weight is 544 g/mol. The highest BCUT2D eigenvalue weighted by Crippen LogP contribution is 2.53. The fraction of sp³-hybridized carbons (Fsp3) is 0.423. The molecule has 3 aliphatic rings. The summed E-state index contributed by atoms with van der Waals surface area (Å²) in [5.74, 6) is -9.20. The predicted molar refractivity (Wildman–Crippen MR) is 134 cm³/mol. The van der Waals surface area contributed by atoms with E-state index in [1.807, 2.05) is 0 Å². The molecule has 1 aromatic rings. The van der Waals surface area contributed by atoms with E-state index in [-0.39, 0.29) is 48.9 Å².